The molecule has 3 heterocycles. The number of nitrogens with one attached hydrogen (secondary N) is 1. The fourth-order valence-electron chi connectivity index (χ4n) is 4.41. The molecule has 9 nitrogen and oxygen atoms in total. The number of nitrogens with zero attached hydrogens (tertiary/aromatic N) is 5. The normalized spacial score (nSPS) is 18.1. The average molecular weight is 491 g/mol. The second kappa shape index (κ2) is 10.5. The van der Waals surface area contributed by atoms with E-state index in [1.54, 1.807) is 42.7 Å². The molecule has 0 bridgehead atoms. The maximum Gasteiger partial charge on any atom is 0.260 e. The van der Waals surface area contributed by atoms with Crippen LogP contribution >= 0.6 is 0 Å². The topological polar surface area (TPSA) is 102 Å². The summed E-state index contributed by atoms with van der Waals surface area (Å²) in [5.74, 6) is 1.07. The van der Waals surface area contributed by atoms with Gasteiger partial charge in [-0.1, -0.05) is 20.8 Å². The minimum absolute atomic E-state index is 0.0115. The second-order valence-electron chi connectivity index (χ2n) is 10.3. The summed E-state index contributed by atoms with van der Waals surface area (Å²) in [6.07, 6.45) is 6.44. The van der Waals surface area contributed by atoms with Gasteiger partial charge in [0.2, 0.25) is 0 Å². The summed E-state index contributed by atoms with van der Waals surface area (Å²) in [5.41, 5.74) is 1.03. The van der Waals surface area contributed by atoms with E-state index >= 15 is 0 Å². The summed E-state index contributed by atoms with van der Waals surface area (Å²) < 4.78 is 7.27. The van der Waals surface area contributed by atoms with E-state index in [2.05, 4.69) is 34.2 Å². The van der Waals surface area contributed by atoms with Gasteiger partial charge in [-0.25, -0.2) is 9.97 Å². The number of carbonyl (C=O) groups excluding carboxylic acids is 2. The molecule has 0 saturated carbocycles. The second-order valence-corrected chi connectivity index (χ2v) is 10.3. The largest absolute Gasteiger partial charge is 0.484 e. The van der Waals surface area contributed by atoms with E-state index in [1.165, 1.54) is 4.68 Å². The number of benzene rings is 1. The first kappa shape index (κ1) is 25.3. The molecule has 1 saturated heterocycles. The number of rotatable bonds is 6. The van der Waals surface area contributed by atoms with Gasteiger partial charge < -0.3 is 15.0 Å². The van der Waals surface area contributed by atoms with Crippen LogP contribution in [0.5, 0.6) is 5.75 Å². The van der Waals surface area contributed by atoms with Crippen molar-refractivity contribution in [2.24, 2.45) is 0 Å². The summed E-state index contributed by atoms with van der Waals surface area (Å²) in [4.78, 5) is 36.2. The van der Waals surface area contributed by atoms with Crippen LogP contribution in [0.1, 0.15) is 69.9 Å². The van der Waals surface area contributed by atoms with Crippen LogP contribution in [0.4, 0.5) is 5.82 Å². The fourth-order valence-corrected chi connectivity index (χ4v) is 4.41. The van der Waals surface area contributed by atoms with Crippen molar-refractivity contribution < 1.29 is 14.3 Å². The lowest BCUT2D eigenvalue weighted by Crippen LogP contribution is -2.49. The van der Waals surface area contributed by atoms with Gasteiger partial charge in [0.05, 0.1) is 5.69 Å². The van der Waals surface area contributed by atoms with E-state index in [4.69, 9.17) is 4.74 Å². The van der Waals surface area contributed by atoms with E-state index < -0.39 is 0 Å². The van der Waals surface area contributed by atoms with Gasteiger partial charge in [-0.3, -0.25) is 9.59 Å². The van der Waals surface area contributed by atoms with Gasteiger partial charge in [0, 0.05) is 41.5 Å². The van der Waals surface area contributed by atoms with Crippen LogP contribution in [0.3, 0.4) is 0 Å². The van der Waals surface area contributed by atoms with Crippen LogP contribution < -0.4 is 10.1 Å². The molecular formula is C27H34N6O3. The van der Waals surface area contributed by atoms with Crippen LogP contribution in [0.2, 0.25) is 0 Å². The highest BCUT2D eigenvalue weighted by Crippen LogP contribution is 2.26. The highest BCUT2D eigenvalue weighted by molar-refractivity contribution is 6.04. The standard InChI is InChI=1S/C27H34N6O3/c1-18-8-6-9-19(2)32(18)24(34)17-36-21-12-10-20(11-13-21)25(35)30-23-16-22(27(3,4)5)31-33(23)26-28-14-7-15-29-26/h7,10-16,18-19H,6,8-9,17H2,1-5H3,(H,30,35). The maximum atomic E-state index is 13.0. The number of likely N-dealkylation sites (tertiary alicyclic amines) is 1. The summed E-state index contributed by atoms with van der Waals surface area (Å²) in [6, 6.07) is 10.7. The Hall–Kier alpha value is -3.75. The molecule has 36 heavy (non-hydrogen) atoms. The quantitative estimate of drug-likeness (QED) is 0.550. The monoisotopic (exact) mass is 490 g/mol. The fraction of sp³-hybridized carbons (Fsp3) is 0.444. The number of hydrogen-bond acceptors (Lipinski definition) is 6. The molecule has 1 aliphatic heterocycles. The minimum atomic E-state index is -0.300. The van der Waals surface area contributed by atoms with Crippen molar-refractivity contribution in [3.63, 3.8) is 0 Å². The molecule has 2 atom stereocenters. The van der Waals surface area contributed by atoms with Gasteiger partial charge in [0.25, 0.3) is 17.8 Å². The molecule has 0 radical (unpaired) electrons. The third-order valence-corrected chi connectivity index (χ3v) is 6.42. The molecule has 1 aliphatic rings. The summed E-state index contributed by atoms with van der Waals surface area (Å²) >= 11 is 0. The Morgan fingerprint density at radius 3 is 2.31 bits per heavy atom. The maximum absolute atomic E-state index is 13.0. The van der Waals surface area contributed by atoms with Crippen molar-refractivity contribution >= 4 is 17.6 Å². The molecular weight excluding hydrogens is 456 g/mol. The Morgan fingerprint density at radius 2 is 1.69 bits per heavy atom. The SMILES string of the molecule is CC1CCCC(C)N1C(=O)COc1ccc(C(=O)Nc2cc(C(C)(C)C)nn2-c2ncccn2)cc1. The Kier molecular flexibility index (Phi) is 7.37. The van der Waals surface area contributed by atoms with Gasteiger partial charge in [0.15, 0.2) is 6.61 Å². The molecule has 190 valence electrons. The predicted octanol–water partition coefficient (Wildman–Crippen LogP) is 4.38. The molecule has 3 aromatic rings. The third-order valence-electron chi connectivity index (χ3n) is 6.42. The number of anilines is 1. The zero-order valence-corrected chi connectivity index (χ0v) is 21.6. The number of carbonyl (C=O) groups is 2. The lowest BCUT2D eigenvalue weighted by atomic mass is 9.92. The zero-order valence-electron chi connectivity index (χ0n) is 21.6. The van der Waals surface area contributed by atoms with Gasteiger partial charge in [-0.15, -0.1) is 0 Å². The smallest absolute Gasteiger partial charge is 0.260 e. The molecule has 2 aromatic heterocycles. The Balaban J connectivity index is 1.43. The van der Waals surface area contributed by atoms with Gasteiger partial charge in [0.1, 0.15) is 11.6 Å². The lowest BCUT2D eigenvalue weighted by molar-refractivity contribution is -0.139. The molecule has 1 fully saturated rings. The van der Waals surface area contributed by atoms with Crippen molar-refractivity contribution in [3.8, 4) is 11.7 Å². The van der Waals surface area contributed by atoms with E-state index in [0.29, 0.717) is 23.1 Å². The van der Waals surface area contributed by atoms with Crippen LogP contribution in [-0.4, -0.2) is 55.2 Å². The van der Waals surface area contributed by atoms with Crippen molar-refractivity contribution in [1.82, 2.24) is 24.6 Å². The first-order valence-corrected chi connectivity index (χ1v) is 12.4. The Morgan fingerprint density at radius 1 is 1.06 bits per heavy atom. The highest BCUT2D eigenvalue weighted by Gasteiger charge is 2.29. The minimum Gasteiger partial charge on any atom is -0.484 e. The molecule has 1 aromatic carbocycles. The van der Waals surface area contributed by atoms with Crippen LogP contribution in [0.15, 0.2) is 48.8 Å². The summed E-state index contributed by atoms with van der Waals surface area (Å²) in [7, 11) is 0. The zero-order chi connectivity index (χ0) is 25.9. The number of piperidine rings is 1. The molecule has 0 aliphatic carbocycles. The molecule has 0 spiro atoms. The number of hydrogen-bond donors (Lipinski definition) is 1. The molecule has 1 N–H and O–H groups in total. The molecule has 4 rings (SSSR count). The number of ether oxygens (including phenoxy) is 1. The summed E-state index contributed by atoms with van der Waals surface area (Å²) in [5, 5.41) is 7.54. The molecule has 2 amide bonds. The number of aromatic nitrogens is 4. The Bertz CT molecular complexity index is 1190. The predicted molar refractivity (Wildman–Crippen MR) is 137 cm³/mol. The first-order valence-electron chi connectivity index (χ1n) is 12.4. The van der Waals surface area contributed by atoms with Crippen LogP contribution in [-0.2, 0) is 10.2 Å². The lowest BCUT2D eigenvalue weighted by Gasteiger charge is -2.38. The number of amides is 2. The molecule has 2 unspecified atom stereocenters. The third kappa shape index (κ3) is 5.72. The van der Waals surface area contributed by atoms with E-state index in [1.807, 2.05) is 31.7 Å². The molecule has 9 heteroatoms. The van der Waals surface area contributed by atoms with E-state index in [9.17, 15) is 9.59 Å². The summed E-state index contributed by atoms with van der Waals surface area (Å²) in [6.45, 7) is 10.3. The van der Waals surface area contributed by atoms with Crippen LogP contribution in [0.25, 0.3) is 5.95 Å². The van der Waals surface area contributed by atoms with Gasteiger partial charge in [-0.2, -0.15) is 9.78 Å². The van der Waals surface area contributed by atoms with E-state index in [-0.39, 0.29) is 35.9 Å². The Labute approximate surface area is 211 Å². The highest BCUT2D eigenvalue weighted by atomic mass is 16.5. The van der Waals surface area contributed by atoms with Crippen molar-refractivity contribution in [3.05, 3.63) is 60.0 Å². The average Bonchev–Trinajstić information content (AvgIpc) is 3.28. The van der Waals surface area contributed by atoms with Crippen LogP contribution in [0, 0.1) is 0 Å². The van der Waals surface area contributed by atoms with E-state index in [0.717, 1.165) is 25.0 Å². The van der Waals surface area contributed by atoms with Gasteiger partial charge in [-0.05, 0) is 63.4 Å². The van der Waals surface area contributed by atoms with Gasteiger partial charge >= 0.3 is 0 Å². The van der Waals surface area contributed by atoms with Crippen molar-refractivity contribution in [1.29, 1.82) is 0 Å². The van der Waals surface area contributed by atoms with Crippen molar-refractivity contribution in [2.45, 2.75) is 71.4 Å². The first-order chi connectivity index (χ1) is 17.1. The van der Waals surface area contributed by atoms with Crippen molar-refractivity contribution in [2.75, 3.05) is 11.9 Å².